The molecule has 4 N–H and O–H groups in total. The zero-order chi connectivity index (χ0) is 20.0. The Morgan fingerprint density at radius 2 is 1.35 bits per heavy atom. The highest BCUT2D eigenvalue weighted by Crippen LogP contribution is 2.29. The average molecular weight is 440 g/mol. The second kappa shape index (κ2) is 8.62. The molecule has 0 aliphatic carbocycles. The molecule has 0 unspecified atom stereocenters. The summed E-state index contributed by atoms with van der Waals surface area (Å²) in [6, 6.07) is 8.08. The quantitative estimate of drug-likeness (QED) is 0.404. The fourth-order valence-electron chi connectivity index (χ4n) is 1.60. The summed E-state index contributed by atoms with van der Waals surface area (Å²) in [5, 5.41) is 37.8. The van der Waals surface area contributed by atoms with Crippen LogP contribution >= 0.6 is 27.5 Å². The van der Waals surface area contributed by atoms with Crippen molar-refractivity contribution in [2.75, 3.05) is 11.5 Å². The summed E-state index contributed by atoms with van der Waals surface area (Å²) < 4.78 is 0.359. The molecule has 0 spiro atoms. The lowest BCUT2D eigenvalue weighted by Crippen LogP contribution is -1.95. The second-order valence-corrected chi connectivity index (χ2v) is 5.78. The van der Waals surface area contributed by atoms with E-state index >= 15 is 0 Å². The van der Waals surface area contributed by atoms with Crippen LogP contribution in [-0.2, 0) is 0 Å². The van der Waals surface area contributed by atoms with Gasteiger partial charge in [0.05, 0.1) is 37.4 Å². The predicted molar refractivity (Wildman–Crippen MR) is 97.2 cm³/mol. The fraction of sp³-hybridized carbons (Fsp3) is 0. The Bertz CT molecular complexity index is 903. The van der Waals surface area contributed by atoms with Crippen molar-refractivity contribution in [3.05, 3.63) is 65.1 Å². The van der Waals surface area contributed by atoms with Gasteiger partial charge in [0.1, 0.15) is 12.1 Å². The van der Waals surface area contributed by atoms with Gasteiger partial charge in [0.2, 0.25) is 0 Å². The number of nitro benzene ring substituents is 2. The minimum atomic E-state index is -0.633. The summed E-state index contributed by atoms with van der Waals surface area (Å²) >= 11 is 8.59. The van der Waals surface area contributed by atoms with E-state index < -0.39 is 9.85 Å². The number of halogens is 2. The third kappa shape index (κ3) is 4.80. The molecular formula is C14H8BrClN6O4. The summed E-state index contributed by atoms with van der Waals surface area (Å²) in [6.07, 6.45) is 0. The monoisotopic (exact) mass is 438 g/mol. The molecule has 2 aromatic carbocycles. The van der Waals surface area contributed by atoms with Crippen LogP contribution < -0.4 is 11.5 Å². The lowest BCUT2D eigenvalue weighted by atomic mass is 10.2. The van der Waals surface area contributed by atoms with Crippen LogP contribution in [0.25, 0.3) is 0 Å². The lowest BCUT2D eigenvalue weighted by Gasteiger charge is -1.99. The van der Waals surface area contributed by atoms with E-state index in [-0.39, 0.29) is 38.9 Å². The molecule has 2 aromatic rings. The maximum Gasteiger partial charge on any atom is 0.272 e. The Hall–Kier alpha value is -3.41. The van der Waals surface area contributed by atoms with Crippen LogP contribution in [0.1, 0.15) is 11.1 Å². The van der Waals surface area contributed by atoms with E-state index in [4.69, 9.17) is 33.6 Å². The normalized spacial score (nSPS) is 9.23. The first-order valence-corrected chi connectivity index (χ1v) is 7.56. The molecule has 0 atom stereocenters. The van der Waals surface area contributed by atoms with Gasteiger partial charge in [-0.3, -0.25) is 20.2 Å². The lowest BCUT2D eigenvalue weighted by molar-refractivity contribution is -0.385. The minimum Gasteiger partial charge on any atom is -0.397 e. The van der Waals surface area contributed by atoms with Crippen molar-refractivity contribution >= 4 is 50.3 Å². The summed E-state index contributed by atoms with van der Waals surface area (Å²) in [5.41, 5.74) is 10.9. The van der Waals surface area contributed by atoms with Crippen LogP contribution in [0, 0.1) is 42.9 Å². The number of anilines is 2. The van der Waals surface area contributed by atoms with Crippen molar-refractivity contribution in [2.45, 2.75) is 0 Å². The highest BCUT2D eigenvalue weighted by molar-refractivity contribution is 9.10. The summed E-state index contributed by atoms with van der Waals surface area (Å²) in [4.78, 5) is 19.5. The summed E-state index contributed by atoms with van der Waals surface area (Å²) in [5.74, 6) is 0. The van der Waals surface area contributed by atoms with E-state index in [1.807, 2.05) is 0 Å². The molecule has 0 aliphatic rings. The van der Waals surface area contributed by atoms with Crippen LogP contribution in [0.4, 0.5) is 22.7 Å². The van der Waals surface area contributed by atoms with Crippen LogP contribution in [0.15, 0.2) is 28.7 Å². The Morgan fingerprint density at radius 3 is 1.77 bits per heavy atom. The van der Waals surface area contributed by atoms with Crippen molar-refractivity contribution in [1.29, 1.82) is 10.5 Å². The molecule has 0 heterocycles. The maximum absolute atomic E-state index is 10.4. The standard InChI is InChI=1S/C7H4BrN3O2.C7H4ClN3O2/c2*8-6-2-5(11(12)13)1-4(3-9)7(6)10/h2*1-2H,10H2. The van der Waals surface area contributed by atoms with Gasteiger partial charge in [0, 0.05) is 28.7 Å². The Labute approximate surface area is 159 Å². The van der Waals surface area contributed by atoms with Crippen LogP contribution in [0.5, 0.6) is 0 Å². The third-order valence-corrected chi connectivity index (χ3v) is 3.86. The van der Waals surface area contributed by atoms with Gasteiger partial charge in [0.15, 0.2) is 0 Å². The number of nitro groups is 2. The molecular weight excluding hydrogens is 432 g/mol. The highest BCUT2D eigenvalue weighted by Gasteiger charge is 2.13. The Balaban J connectivity index is 0.000000260. The van der Waals surface area contributed by atoms with E-state index in [1.165, 1.54) is 6.07 Å². The number of non-ortho nitro benzene ring substituents is 2. The fourth-order valence-corrected chi connectivity index (χ4v) is 2.26. The van der Waals surface area contributed by atoms with E-state index in [2.05, 4.69) is 15.9 Å². The first-order chi connectivity index (χ1) is 12.1. The molecule has 12 heteroatoms. The Morgan fingerprint density at radius 1 is 0.923 bits per heavy atom. The van der Waals surface area contributed by atoms with Crippen LogP contribution in [0.3, 0.4) is 0 Å². The number of nitriles is 2. The van der Waals surface area contributed by atoms with Gasteiger partial charge in [-0.2, -0.15) is 10.5 Å². The van der Waals surface area contributed by atoms with E-state index in [1.54, 1.807) is 12.1 Å². The van der Waals surface area contributed by atoms with E-state index in [0.717, 1.165) is 18.2 Å². The topological polar surface area (TPSA) is 186 Å². The largest absolute Gasteiger partial charge is 0.397 e. The highest BCUT2D eigenvalue weighted by atomic mass is 79.9. The smallest absolute Gasteiger partial charge is 0.272 e. The SMILES string of the molecule is N#Cc1cc([N+](=O)[O-])cc(Br)c1N.N#Cc1cc([N+](=O)[O-])cc(Cl)c1N. The molecule has 10 nitrogen and oxygen atoms in total. The van der Waals surface area contributed by atoms with Crippen LogP contribution in [-0.4, -0.2) is 9.85 Å². The molecule has 0 bridgehead atoms. The molecule has 0 aromatic heterocycles. The number of nitrogens with zero attached hydrogens (tertiary/aromatic N) is 4. The van der Waals surface area contributed by atoms with Crippen molar-refractivity contribution < 1.29 is 9.85 Å². The van der Waals surface area contributed by atoms with Crippen LogP contribution in [0.2, 0.25) is 5.02 Å². The first-order valence-electron chi connectivity index (χ1n) is 6.39. The number of hydrogen-bond acceptors (Lipinski definition) is 8. The number of rotatable bonds is 2. The zero-order valence-corrected chi connectivity index (χ0v) is 15.0. The molecule has 0 amide bonds. The molecule has 0 saturated carbocycles. The van der Waals surface area contributed by atoms with Gasteiger partial charge in [-0.05, 0) is 15.9 Å². The number of nitrogen functional groups attached to an aromatic ring is 2. The predicted octanol–water partition coefficient (Wildman–Crippen LogP) is 3.51. The minimum absolute atomic E-state index is 0.0131. The second-order valence-electron chi connectivity index (χ2n) is 4.52. The van der Waals surface area contributed by atoms with Crippen molar-refractivity contribution in [3.8, 4) is 12.1 Å². The first kappa shape index (κ1) is 20.6. The van der Waals surface area contributed by atoms with E-state index in [9.17, 15) is 20.2 Å². The molecule has 2 rings (SSSR count). The van der Waals surface area contributed by atoms with Gasteiger partial charge >= 0.3 is 0 Å². The van der Waals surface area contributed by atoms with Crippen molar-refractivity contribution in [3.63, 3.8) is 0 Å². The van der Waals surface area contributed by atoms with Crippen molar-refractivity contribution in [2.24, 2.45) is 0 Å². The number of nitrogens with two attached hydrogens (primary N) is 2. The molecule has 0 radical (unpaired) electrons. The summed E-state index contributed by atoms with van der Waals surface area (Å²) in [7, 11) is 0. The van der Waals surface area contributed by atoms with Gasteiger partial charge < -0.3 is 11.5 Å². The summed E-state index contributed by atoms with van der Waals surface area (Å²) in [6.45, 7) is 0. The van der Waals surface area contributed by atoms with Crippen molar-refractivity contribution in [1.82, 2.24) is 0 Å². The molecule has 0 fully saturated rings. The Kier molecular flexibility index (Phi) is 6.84. The molecule has 0 saturated heterocycles. The van der Waals surface area contributed by atoms with E-state index in [0.29, 0.717) is 4.47 Å². The van der Waals surface area contributed by atoms with Gasteiger partial charge in [-0.1, -0.05) is 11.6 Å². The van der Waals surface area contributed by atoms with Gasteiger partial charge in [0.25, 0.3) is 11.4 Å². The third-order valence-electron chi connectivity index (χ3n) is 2.89. The average Bonchev–Trinajstić information content (AvgIpc) is 2.59. The maximum atomic E-state index is 10.4. The number of hydrogen-bond donors (Lipinski definition) is 2. The zero-order valence-electron chi connectivity index (χ0n) is 12.6. The molecule has 132 valence electrons. The van der Waals surface area contributed by atoms with Gasteiger partial charge in [-0.15, -0.1) is 0 Å². The van der Waals surface area contributed by atoms with Gasteiger partial charge in [-0.25, -0.2) is 0 Å². The number of benzene rings is 2. The molecule has 26 heavy (non-hydrogen) atoms. The molecule has 0 aliphatic heterocycles.